The highest BCUT2D eigenvalue weighted by molar-refractivity contribution is 6.00. The van der Waals surface area contributed by atoms with Gasteiger partial charge in [-0.3, -0.25) is 4.99 Å². The van der Waals surface area contributed by atoms with Crippen LogP contribution in [0.4, 0.5) is 0 Å². The maximum absolute atomic E-state index is 3.95. The Morgan fingerprint density at radius 1 is 1.60 bits per heavy atom. The number of nitrogens with zero attached hydrogens (tertiary/aromatic N) is 4. The summed E-state index contributed by atoms with van der Waals surface area (Å²) in [5, 5.41) is 7.35. The summed E-state index contributed by atoms with van der Waals surface area (Å²) >= 11 is 0. The Balaban J connectivity index is 2.96. The first-order chi connectivity index (χ1) is 4.88. The van der Waals surface area contributed by atoms with E-state index in [0.29, 0.717) is 5.84 Å². The van der Waals surface area contributed by atoms with E-state index in [1.807, 2.05) is 13.0 Å². The molecule has 0 aliphatic carbocycles. The molecular weight excluding hydrogens is 128 g/mol. The van der Waals surface area contributed by atoms with Gasteiger partial charge in [-0.1, -0.05) is 6.08 Å². The van der Waals surface area contributed by atoms with Crippen LogP contribution >= 0.6 is 0 Å². The van der Waals surface area contributed by atoms with Gasteiger partial charge in [-0.05, 0) is 6.92 Å². The van der Waals surface area contributed by atoms with Gasteiger partial charge >= 0.3 is 0 Å². The summed E-state index contributed by atoms with van der Waals surface area (Å²) in [6.45, 7) is 1.89. The van der Waals surface area contributed by atoms with E-state index in [4.69, 9.17) is 0 Å². The second-order valence-corrected chi connectivity index (χ2v) is 1.68. The highest BCUT2D eigenvalue weighted by Gasteiger charge is 2.03. The summed E-state index contributed by atoms with van der Waals surface area (Å²) in [6.07, 6.45) is 3.25. The van der Waals surface area contributed by atoms with Crippen molar-refractivity contribution in [2.75, 3.05) is 7.05 Å². The molecule has 0 aromatic rings. The molecule has 0 amide bonds. The Morgan fingerprint density at radius 3 is 2.90 bits per heavy atom. The Bertz CT molecular complexity index is 208. The monoisotopic (exact) mass is 136 g/mol. The van der Waals surface area contributed by atoms with Crippen LogP contribution in [-0.2, 0) is 0 Å². The number of allylic oxidation sites excluding steroid dienone is 1. The van der Waals surface area contributed by atoms with Gasteiger partial charge in [0.05, 0.1) is 0 Å². The largest absolute Gasteiger partial charge is 0.267 e. The standard InChI is InChI=1S/C6H8N4/c1-3-5-6(7-2)10-9-4-8-5/h3-4H,1-2H3/b5-3+,7-6?. The molecule has 0 unspecified atom stereocenters. The van der Waals surface area contributed by atoms with Gasteiger partial charge in [-0.25, -0.2) is 4.99 Å². The first-order valence-electron chi connectivity index (χ1n) is 2.95. The van der Waals surface area contributed by atoms with Gasteiger partial charge in [0, 0.05) is 7.05 Å². The van der Waals surface area contributed by atoms with Crippen LogP contribution in [0, 0.1) is 0 Å². The molecule has 0 aromatic heterocycles. The predicted octanol–water partition coefficient (Wildman–Crippen LogP) is 1.41. The molecule has 0 bridgehead atoms. The average molecular weight is 136 g/mol. The number of rotatable bonds is 0. The number of azo groups is 1. The number of hydrogen-bond acceptors (Lipinski definition) is 3. The third-order valence-corrected chi connectivity index (χ3v) is 1.12. The van der Waals surface area contributed by atoms with E-state index in [1.54, 1.807) is 7.05 Å². The average Bonchev–Trinajstić information content (AvgIpc) is 2.04. The maximum Gasteiger partial charge on any atom is 0.195 e. The van der Waals surface area contributed by atoms with Crippen molar-refractivity contribution in [1.82, 2.24) is 0 Å². The van der Waals surface area contributed by atoms with E-state index in [1.165, 1.54) is 6.34 Å². The minimum absolute atomic E-state index is 0.588. The van der Waals surface area contributed by atoms with Crippen LogP contribution in [-0.4, -0.2) is 19.2 Å². The molecule has 1 aliphatic heterocycles. The van der Waals surface area contributed by atoms with Crippen molar-refractivity contribution in [2.45, 2.75) is 6.92 Å². The van der Waals surface area contributed by atoms with E-state index >= 15 is 0 Å². The summed E-state index contributed by atoms with van der Waals surface area (Å²) < 4.78 is 0. The van der Waals surface area contributed by atoms with E-state index in [0.717, 1.165) is 5.70 Å². The summed E-state index contributed by atoms with van der Waals surface area (Å²) in [4.78, 5) is 7.82. The molecule has 1 rings (SSSR count). The Morgan fingerprint density at radius 2 is 2.40 bits per heavy atom. The van der Waals surface area contributed by atoms with E-state index < -0.39 is 0 Å². The van der Waals surface area contributed by atoms with E-state index in [2.05, 4.69) is 20.2 Å². The van der Waals surface area contributed by atoms with Crippen LogP contribution in [0.1, 0.15) is 6.92 Å². The lowest BCUT2D eigenvalue weighted by molar-refractivity contribution is 1.21. The van der Waals surface area contributed by atoms with Gasteiger partial charge in [-0.2, -0.15) is 0 Å². The molecule has 0 saturated carbocycles. The van der Waals surface area contributed by atoms with Crippen LogP contribution < -0.4 is 0 Å². The van der Waals surface area contributed by atoms with Gasteiger partial charge in [0.15, 0.2) is 5.84 Å². The second-order valence-electron chi connectivity index (χ2n) is 1.68. The third kappa shape index (κ3) is 1.15. The van der Waals surface area contributed by atoms with Gasteiger partial charge in [0.2, 0.25) is 0 Å². The van der Waals surface area contributed by atoms with Gasteiger partial charge in [-0.15, -0.1) is 10.2 Å². The predicted molar refractivity (Wildman–Crippen MR) is 40.5 cm³/mol. The third-order valence-electron chi connectivity index (χ3n) is 1.12. The Hall–Kier alpha value is -1.32. The molecule has 52 valence electrons. The summed E-state index contributed by atoms with van der Waals surface area (Å²) in [7, 11) is 1.67. The molecule has 0 fully saturated rings. The van der Waals surface area contributed by atoms with E-state index in [-0.39, 0.29) is 0 Å². The molecule has 4 heteroatoms. The van der Waals surface area contributed by atoms with Gasteiger partial charge in [0.1, 0.15) is 12.0 Å². The first-order valence-corrected chi connectivity index (χ1v) is 2.95. The lowest BCUT2D eigenvalue weighted by atomic mass is 10.4. The highest BCUT2D eigenvalue weighted by atomic mass is 15.2. The van der Waals surface area contributed by atoms with Crippen molar-refractivity contribution in [3.8, 4) is 0 Å². The number of amidine groups is 1. The molecular formula is C6H8N4. The molecule has 0 radical (unpaired) electrons. The van der Waals surface area contributed by atoms with E-state index in [9.17, 15) is 0 Å². The van der Waals surface area contributed by atoms with Crippen molar-refractivity contribution in [1.29, 1.82) is 0 Å². The molecule has 0 saturated heterocycles. The minimum atomic E-state index is 0.588. The van der Waals surface area contributed by atoms with Gasteiger partial charge in [0.25, 0.3) is 0 Å². The smallest absolute Gasteiger partial charge is 0.195 e. The molecule has 0 aromatic carbocycles. The van der Waals surface area contributed by atoms with Crippen LogP contribution in [0.15, 0.2) is 32.0 Å². The summed E-state index contributed by atoms with van der Waals surface area (Å²) in [5.41, 5.74) is 0.775. The molecule has 0 atom stereocenters. The Kier molecular flexibility index (Phi) is 2.04. The summed E-state index contributed by atoms with van der Waals surface area (Å²) in [6, 6.07) is 0. The number of aliphatic imine (C=N–C) groups is 2. The molecule has 1 heterocycles. The lowest BCUT2D eigenvalue weighted by Crippen LogP contribution is -1.99. The van der Waals surface area contributed by atoms with Crippen molar-refractivity contribution >= 4 is 12.2 Å². The highest BCUT2D eigenvalue weighted by Crippen LogP contribution is 2.05. The van der Waals surface area contributed by atoms with Crippen LogP contribution in [0.3, 0.4) is 0 Å². The summed E-state index contributed by atoms with van der Waals surface area (Å²) in [5.74, 6) is 0.588. The zero-order valence-electron chi connectivity index (χ0n) is 5.94. The first kappa shape index (κ1) is 6.80. The fourth-order valence-electron chi connectivity index (χ4n) is 0.640. The maximum atomic E-state index is 3.95. The quantitative estimate of drug-likeness (QED) is 0.483. The zero-order chi connectivity index (χ0) is 7.40. The molecule has 10 heavy (non-hydrogen) atoms. The van der Waals surface area contributed by atoms with Crippen molar-refractivity contribution in [3.05, 3.63) is 11.8 Å². The second kappa shape index (κ2) is 3.00. The van der Waals surface area contributed by atoms with Crippen molar-refractivity contribution in [3.63, 3.8) is 0 Å². The lowest BCUT2D eigenvalue weighted by Gasteiger charge is -1.99. The van der Waals surface area contributed by atoms with Crippen molar-refractivity contribution < 1.29 is 0 Å². The van der Waals surface area contributed by atoms with Crippen LogP contribution in [0.2, 0.25) is 0 Å². The topological polar surface area (TPSA) is 49.4 Å². The minimum Gasteiger partial charge on any atom is -0.267 e. The molecule has 4 nitrogen and oxygen atoms in total. The van der Waals surface area contributed by atoms with Crippen LogP contribution in [0.25, 0.3) is 0 Å². The number of hydrogen-bond donors (Lipinski definition) is 0. The molecule has 0 spiro atoms. The Labute approximate surface area is 59.1 Å². The SMILES string of the molecule is C/C=C1/N=CN=NC1=NC. The fraction of sp³-hybridized carbons (Fsp3) is 0.333. The fourth-order valence-corrected chi connectivity index (χ4v) is 0.640. The normalized spacial score (nSPS) is 24.6. The molecule has 0 N–H and O–H groups in total. The zero-order valence-corrected chi connectivity index (χ0v) is 5.94. The van der Waals surface area contributed by atoms with Crippen LogP contribution in [0.5, 0.6) is 0 Å². The van der Waals surface area contributed by atoms with Gasteiger partial charge < -0.3 is 0 Å². The molecule has 1 aliphatic rings. The van der Waals surface area contributed by atoms with Crippen molar-refractivity contribution in [2.24, 2.45) is 20.2 Å².